The molecule has 50 valence electrons. The summed E-state index contributed by atoms with van der Waals surface area (Å²) in [5.74, 6) is -0.661. The first kappa shape index (κ1) is 6.29. The molecular formula is C5H2N2O3. The highest BCUT2D eigenvalue weighted by Crippen LogP contribution is 2.12. The Labute approximate surface area is 54.8 Å². The van der Waals surface area contributed by atoms with Crippen LogP contribution in [0.1, 0.15) is 0 Å². The molecule has 5 heteroatoms. The van der Waals surface area contributed by atoms with Gasteiger partial charge in [-0.25, -0.2) is 0 Å². The van der Waals surface area contributed by atoms with Crippen molar-refractivity contribution in [3.63, 3.8) is 0 Å². The van der Waals surface area contributed by atoms with E-state index in [-0.39, 0.29) is 5.69 Å². The van der Waals surface area contributed by atoms with Gasteiger partial charge in [0.05, 0.1) is 0 Å². The third-order valence-corrected chi connectivity index (χ3v) is 1.07. The van der Waals surface area contributed by atoms with Crippen molar-refractivity contribution in [3.8, 4) is 11.9 Å². The van der Waals surface area contributed by atoms with Crippen molar-refractivity contribution < 1.29 is 5.11 Å². The van der Waals surface area contributed by atoms with Crippen LogP contribution in [0.25, 0.3) is 0 Å². The summed E-state index contributed by atoms with van der Waals surface area (Å²) in [6.45, 7) is 0. The highest BCUT2D eigenvalue weighted by atomic mass is 16.3. The molecule has 2 N–H and O–H groups in total. The van der Waals surface area contributed by atoms with Gasteiger partial charge in [0.1, 0.15) is 5.69 Å². The number of hydrogen-bond donors (Lipinski definition) is 2. The van der Waals surface area contributed by atoms with E-state index in [1.165, 1.54) is 6.19 Å². The Balaban J connectivity index is 3.13. The zero-order chi connectivity index (χ0) is 7.72. The highest BCUT2D eigenvalue weighted by molar-refractivity contribution is 5.62. The molecule has 0 aliphatic heterocycles. The van der Waals surface area contributed by atoms with E-state index in [1.54, 1.807) is 0 Å². The lowest BCUT2D eigenvalue weighted by Crippen LogP contribution is -2.32. The van der Waals surface area contributed by atoms with Crippen LogP contribution in [0, 0.1) is 11.5 Å². The molecule has 1 rings (SSSR count). The van der Waals surface area contributed by atoms with Gasteiger partial charge in [-0.15, -0.1) is 0 Å². The van der Waals surface area contributed by atoms with E-state index >= 15 is 0 Å². The Morgan fingerprint density at radius 1 is 1.40 bits per heavy atom. The van der Waals surface area contributed by atoms with E-state index in [9.17, 15) is 9.59 Å². The van der Waals surface area contributed by atoms with Crippen LogP contribution in [0.5, 0.6) is 5.75 Å². The van der Waals surface area contributed by atoms with E-state index in [0.29, 0.717) is 0 Å². The Kier molecular flexibility index (Phi) is 1.16. The summed E-state index contributed by atoms with van der Waals surface area (Å²) in [6.07, 6.45) is 1.41. The van der Waals surface area contributed by atoms with Gasteiger partial charge in [-0.1, -0.05) is 0 Å². The third kappa shape index (κ3) is 0.559. The van der Waals surface area contributed by atoms with Crippen LogP contribution < -0.4 is 16.2 Å². The largest absolute Gasteiger partial charge is 0.502 e. The van der Waals surface area contributed by atoms with Gasteiger partial charge in [-0.05, 0) is 0 Å². The number of nitrogens with one attached hydrogen (secondary N) is 1. The maximum Gasteiger partial charge on any atom is 0.271 e. The normalized spacial score (nSPS) is 9.10. The summed E-state index contributed by atoms with van der Waals surface area (Å²) in [6, 6.07) is 0. The fourth-order valence-corrected chi connectivity index (χ4v) is 0.552. The van der Waals surface area contributed by atoms with Crippen LogP contribution in [0.4, 0.5) is 5.69 Å². The molecule has 0 aliphatic rings. The number of rotatable bonds is 1. The number of hydrogen-bond acceptors (Lipinski definition) is 5. The molecule has 1 aromatic carbocycles. The average molecular weight is 138 g/mol. The summed E-state index contributed by atoms with van der Waals surface area (Å²) in [4.78, 5) is 20.6. The molecule has 0 fully saturated rings. The van der Waals surface area contributed by atoms with Gasteiger partial charge in [0, 0.05) is 0 Å². The van der Waals surface area contributed by atoms with Gasteiger partial charge >= 0.3 is 0 Å². The number of aromatic hydroxyl groups is 1. The first-order valence-electron chi connectivity index (χ1n) is 2.36. The van der Waals surface area contributed by atoms with Crippen molar-refractivity contribution in [1.82, 2.24) is 0 Å². The van der Waals surface area contributed by atoms with Gasteiger partial charge in [0.2, 0.25) is 0 Å². The number of nitriles is 1. The highest BCUT2D eigenvalue weighted by Gasteiger charge is 2.18. The molecule has 0 atom stereocenters. The predicted molar refractivity (Wildman–Crippen MR) is 32.3 cm³/mol. The lowest BCUT2D eigenvalue weighted by atomic mass is 10.2. The SMILES string of the molecule is N#CNc1c(O)c(=O)c1=O. The van der Waals surface area contributed by atoms with E-state index in [4.69, 9.17) is 10.4 Å². The van der Waals surface area contributed by atoms with E-state index < -0.39 is 16.6 Å². The second-order valence-corrected chi connectivity index (χ2v) is 1.62. The molecular weight excluding hydrogens is 136 g/mol. The van der Waals surface area contributed by atoms with E-state index in [0.717, 1.165) is 0 Å². The smallest absolute Gasteiger partial charge is 0.271 e. The van der Waals surface area contributed by atoms with Crippen molar-refractivity contribution in [2.24, 2.45) is 0 Å². The molecule has 0 aliphatic carbocycles. The van der Waals surface area contributed by atoms with Crippen molar-refractivity contribution >= 4 is 5.69 Å². The fraction of sp³-hybridized carbons (Fsp3) is 0. The molecule has 0 bridgehead atoms. The zero-order valence-corrected chi connectivity index (χ0v) is 4.71. The minimum absolute atomic E-state index is 0.312. The molecule has 0 unspecified atom stereocenters. The van der Waals surface area contributed by atoms with Gasteiger partial charge in [-0.2, -0.15) is 5.26 Å². The van der Waals surface area contributed by atoms with E-state index in [2.05, 4.69) is 0 Å². The topological polar surface area (TPSA) is 90.2 Å². The van der Waals surface area contributed by atoms with Crippen LogP contribution in [0.2, 0.25) is 0 Å². The van der Waals surface area contributed by atoms with Crippen molar-refractivity contribution in [2.75, 3.05) is 5.32 Å². The molecule has 10 heavy (non-hydrogen) atoms. The Bertz CT molecular complexity index is 367. The molecule has 5 nitrogen and oxygen atoms in total. The maximum absolute atomic E-state index is 10.4. The monoisotopic (exact) mass is 138 g/mol. The van der Waals surface area contributed by atoms with E-state index in [1.807, 2.05) is 5.32 Å². The zero-order valence-electron chi connectivity index (χ0n) is 4.71. The summed E-state index contributed by atoms with van der Waals surface area (Å²) in [7, 11) is 0. The summed E-state index contributed by atoms with van der Waals surface area (Å²) >= 11 is 0. The van der Waals surface area contributed by atoms with Gasteiger partial charge in [0.15, 0.2) is 11.9 Å². The molecule has 0 amide bonds. The summed E-state index contributed by atoms with van der Waals surface area (Å²) in [5.41, 5.74) is -2.11. The second kappa shape index (κ2) is 1.84. The molecule has 1 aromatic rings. The lowest BCUT2D eigenvalue weighted by Gasteiger charge is -1.99. The van der Waals surface area contributed by atoms with Crippen LogP contribution in [0.15, 0.2) is 9.59 Å². The fourth-order valence-electron chi connectivity index (χ4n) is 0.552. The molecule has 0 saturated carbocycles. The van der Waals surface area contributed by atoms with Crippen molar-refractivity contribution in [3.05, 3.63) is 20.4 Å². The first-order valence-corrected chi connectivity index (χ1v) is 2.36. The Morgan fingerprint density at radius 2 is 2.00 bits per heavy atom. The predicted octanol–water partition coefficient (Wildman–Crippen LogP) is -1.12. The van der Waals surface area contributed by atoms with Crippen LogP contribution >= 0.6 is 0 Å². The minimum atomic E-state index is -0.947. The van der Waals surface area contributed by atoms with Gasteiger partial charge in [-0.3, -0.25) is 14.9 Å². The summed E-state index contributed by atoms with van der Waals surface area (Å²) < 4.78 is 0. The Morgan fingerprint density at radius 3 is 2.40 bits per heavy atom. The lowest BCUT2D eigenvalue weighted by molar-refractivity contribution is 0.466. The molecule has 0 saturated heterocycles. The molecule has 0 spiro atoms. The standard InChI is InChI=1S/C5H2N2O3/c6-1-7-2-3(8)5(10)4(2)9/h7-8H. The summed E-state index contributed by atoms with van der Waals surface area (Å²) in [5, 5.41) is 18.4. The quantitative estimate of drug-likeness (QED) is 0.291. The third-order valence-electron chi connectivity index (χ3n) is 1.07. The molecule has 0 radical (unpaired) electrons. The average Bonchev–Trinajstić information content (AvgIpc) is 1.98. The number of nitrogens with zero attached hydrogens (tertiary/aromatic N) is 1. The van der Waals surface area contributed by atoms with Crippen LogP contribution in [0.3, 0.4) is 0 Å². The molecule has 0 aromatic heterocycles. The minimum Gasteiger partial charge on any atom is -0.502 e. The maximum atomic E-state index is 10.4. The van der Waals surface area contributed by atoms with Crippen molar-refractivity contribution in [2.45, 2.75) is 0 Å². The van der Waals surface area contributed by atoms with Crippen LogP contribution in [-0.2, 0) is 0 Å². The number of anilines is 1. The van der Waals surface area contributed by atoms with Crippen molar-refractivity contribution in [1.29, 1.82) is 5.26 Å². The van der Waals surface area contributed by atoms with Crippen LogP contribution in [-0.4, -0.2) is 5.11 Å². The Hall–Kier alpha value is -1.83. The second-order valence-electron chi connectivity index (χ2n) is 1.62. The molecule has 0 heterocycles. The van der Waals surface area contributed by atoms with Gasteiger partial charge < -0.3 is 5.11 Å². The van der Waals surface area contributed by atoms with Gasteiger partial charge in [0.25, 0.3) is 10.9 Å². The first-order chi connectivity index (χ1) is 4.68.